The molecule has 36 heavy (non-hydrogen) atoms. The normalized spacial score (nSPS) is 12.5. The molecule has 8 nitrogen and oxygen atoms in total. The summed E-state index contributed by atoms with van der Waals surface area (Å²) in [6.45, 7) is 8.20. The van der Waals surface area contributed by atoms with Crippen LogP contribution in [0, 0.1) is 0 Å². The van der Waals surface area contributed by atoms with Gasteiger partial charge in [0.2, 0.25) is 0 Å². The number of amides is 1. The van der Waals surface area contributed by atoms with Crippen LogP contribution < -0.4 is 4.74 Å². The lowest BCUT2D eigenvalue weighted by molar-refractivity contribution is -0.149. The van der Waals surface area contributed by atoms with Crippen LogP contribution in [0.15, 0.2) is 54.6 Å². The summed E-state index contributed by atoms with van der Waals surface area (Å²) in [5.74, 6) is -0.338. The SMILES string of the molecule is CCOC(Cc1ccc(OCCN(CCCOCc2ccccc2)C(=O)OC(C)CC)cc1)C(=O)O. The van der Waals surface area contributed by atoms with Gasteiger partial charge < -0.3 is 29.0 Å². The number of rotatable bonds is 17. The van der Waals surface area contributed by atoms with Crippen molar-refractivity contribution in [3.8, 4) is 5.75 Å². The third-order valence-electron chi connectivity index (χ3n) is 5.58. The van der Waals surface area contributed by atoms with Gasteiger partial charge in [0.05, 0.1) is 13.2 Å². The molecule has 2 unspecified atom stereocenters. The summed E-state index contributed by atoms with van der Waals surface area (Å²) in [7, 11) is 0. The fraction of sp³-hybridized carbons (Fsp3) is 0.500. The first kappa shape index (κ1) is 29.1. The molecule has 2 aromatic carbocycles. The Morgan fingerprint density at radius 1 is 0.944 bits per heavy atom. The molecule has 0 spiro atoms. The lowest BCUT2D eigenvalue weighted by Gasteiger charge is -2.24. The summed E-state index contributed by atoms with van der Waals surface area (Å²) in [5, 5.41) is 9.25. The molecule has 0 heterocycles. The van der Waals surface area contributed by atoms with E-state index < -0.39 is 12.1 Å². The van der Waals surface area contributed by atoms with Crippen LogP contribution in [0.3, 0.4) is 0 Å². The average Bonchev–Trinajstić information content (AvgIpc) is 2.88. The molecule has 0 saturated heterocycles. The molecule has 0 radical (unpaired) electrons. The molecule has 0 saturated carbocycles. The maximum atomic E-state index is 12.6. The van der Waals surface area contributed by atoms with Crippen LogP contribution in [-0.2, 0) is 32.0 Å². The van der Waals surface area contributed by atoms with Crippen molar-refractivity contribution in [3.63, 3.8) is 0 Å². The fourth-order valence-electron chi connectivity index (χ4n) is 3.37. The summed E-state index contributed by atoms with van der Waals surface area (Å²) < 4.78 is 22.3. The first-order valence-corrected chi connectivity index (χ1v) is 12.6. The summed E-state index contributed by atoms with van der Waals surface area (Å²) in [4.78, 5) is 25.6. The highest BCUT2D eigenvalue weighted by atomic mass is 16.6. The Kier molecular flexibility index (Phi) is 13.4. The van der Waals surface area contributed by atoms with Gasteiger partial charge in [-0.15, -0.1) is 0 Å². The van der Waals surface area contributed by atoms with E-state index in [1.165, 1.54) is 0 Å². The molecule has 0 aliphatic heterocycles. The molecule has 8 heteroatoms. The molecular weight excluding hydrogens is 462 g/mol. The number of hydrogen-bond donors (Lipinski definition) is 1. The van der Waals surface area contributed by atoms with E-state index in [1.807, 2.05) is 56.3 Å². The van der Waals surface area contributed by atoms with Crippen LogP contribution in [0.5, 0.6) is 5.75 Å². The summed E-state index contributed by atoms with van der Waals surface area (Å²) >= 11 is 0. The molecule has 0 aromatic heterocycles. The molecule has 0 fully saturated rings. The summed E-state index contributed by atoms with van der Waals surface area (Å²) in [5.41, 5.74) is 1.96. The van der Waals surface area contributed by atoms with Crippen LogP contribution in [-0.4, -0.2) is 67.2 Å². The lowest BCUT2D eigenvalue weighted by atomic mass is 10.1. The Hall–Kier alpha value is -3.10. The molecule has 198 valence electrons. The number of carbonyl (C=O) groups excluding carboxylic acids is 1. The fourth-order valence-corrected chi connectivity index (χ4v) is 3.37. The van der Waals surface area contributed by atoms with Gasteiger partial charge in [0.25, 0.3) is 0 Å². The highest BCUT2D eigenvalue weighted by molar-refractivity contribution is 5.72. The van der Waals surface area contributed by atoms with E-state index in [1.54, 1.807) is 24.0 Å². The maximum absolute atomic E-state index is 12.6. The standard InChI is InChI=1S/C28H39NO7/c1-4-22(3)36-28(32)29(16-9-18-33-21-24-10-7-6-8-11-24)17-19-35-25-14-12-23(13-15-25)20-26(27(30)31)34-5-2/h6-8,10-15,22,26H,4-5,9,16-21H2,1-3H3,(H,30,31). The van der Waals surface area contributed by atoms with Crippen LogP contribution in [0.1, 0.15) is 44.7 Å². The number of ether oxygens (including phenoxy) is 4. The number of carboxylic acid groups (broad SMARTS) is 1. The molecule has 0 bridgehead atoms. The van der Waals surface area contributed by atoms with E-state index in [9.17, 15) is 14.7 Å². The van der Waals surface area contributed by atoms with Crippen molar-refractivity contribution in [3.05, 3.63) is 65.7 Å². The first-order valence-electron chi connectivity index (χ1n) is 12.6. The number of carboxylic acids is 1. The minimum atomic E-state index is -0.980. The van der Waals surface area contributed by atoms with E-state index in [0.717, 1.165) is 17.5 Å². The van der Waals surface area contributed by atoms with E-state index in [4.69, 9.17) is 18.9 Å². The topological polar surface area (TPSA) is 94.5 Å². The van der Waals surface area contributed by atoms with E-state index in [-0.39, 0.29) is 18.6 Å². The Morgan fingerprint density at radius 2 is 1.67 bits per heavy atom. The Morgan fingerprint density at radius 3 is 2.31 bits per heavy atom. The van der Waals surface area contributed by atoms with Gasteiger partial charge in [0.15, 0.2) is 6.10 Å². The summed E-state index contributed by atoms with van der Waals surface area (Å²) in [6, 6.07) is 17.2. The van der Waals surface area contributed by atoms with Gasteiger partial charge in [-0.3, -0.25) is 0 Å². The minimum absolute atomic E-state index is 0.158. The largest absolute Gasteiger partial charge is 0.492 e. The van der Waals surface area contributed by atoms with Crippen LogP contribution in [0.4, 0.5) is 4.79 Å². The smallest absolute Gasteiger partial charge is 0.410 e. The molecule has 1 N–H and O–H groups in total. The monoisotopic (exact) mass is 501 g/mol. The van der Waals surface area contributed by atoms with Crippen molar-refractivity contribution in [2.45, 2.75) is 58.8 Å². The van der Waals surface area contributed by atoms with Gasteiger partial charge in [0.1, 0.15) is 18.5 Å². The molecule has 2 rings (SSSR count). The zero-order valence-electron chi connectivity index (χ0n) is 21.6. The van der Waals surface area contributed by atoms with E-state index in [2.05, 4.69) is 0 Å². The van der Waals surface area contributed by atoms with Gasteiger partial charge >= 0.3 is 12.1 Å². The average molecular weight is 502 g/mol. The molecule has 2 aromatic rings. The first-order chi connectivity index (χ1) is 17.4. The predicted molar refractivity (Wildman–Crippen MR) is 137 cm³/mol. The molecule has 0 aliphatic rings. The van der Waals surface area contributed by atoms with Crippen molar-refractivity contribution < 1.29 is 33.6 Å². The minimum Gasteiger partial charge on any atom is -0.492 e. The maximum Gasteiger partial charge on any atom is 0.410 e. The highest BCUT2D eigenvalue weighted by Gasteiger charge is 2.19. The molecular formula is C28H39NO7. The zero-order valence-corrected chi connectivity index (χ0v) is 21.6. The third kappa shape index (κ3) is 11.1. The second-order valence-electron chi connectivity index (χ2n) is 8.46. The van der Waals surface area contributed by atoms with Crippen LogP contribution >= 0.6 is 0 Å². The van der Waals surface area contributed by atoms with Crippen molar-refractivity contribution in [2.24, 2.45) is 0 Å². The van der Waals surface area contributed by atoms with Crippen molar-refractivity contribution in [1.82, 2.24) is 4.90 Å². The van der Waals surface area contributed by atoms with Gasteiger partial charge in [-0.2, -0.15) is 0 Å². The number of aliphatic carboxylic acids is 1. The number of hydrogen-bond acceptors (Lipinski definition) is 6. The van der Waals surface area contributed by atoms with Gasteiger partial charge in [-0.1, -0.05) is 49.4 Å². The van der Waals surface area contributed by atoms with Gasteiger partial charge in [-0.05, 0) is 49.9 Å². The zero-order chi connectivity index (χ0) is 26.2. The Balaban J connectivity index is 1.81. The van der Waals surface area contributed by atoms with E-state index in [0.29, 0.717) is 51.7 Å². The molecule has 2 atom stereocenters. The quantitative estimate of drug-likeness (QED) is 0.307. The van der Waals surface area contributed by atoms with Crippen LogP contribution in [0.2, 0.25) is 0 Å². The van der Waals surface area contributed by atoms with Crippen molar-refractivity contribution in [2.75, 3.05) is 32.9 Å². The highest BCUT2D eigenvalue weighted by Crippen LogP contribution is 2.15. The predicted octanol–water partition coefficient (Wildman–Crippen LogP) is 4.94. The van der Waals surface area contributed by atoms with Crippen LogP contribution in [0.25, 0.3) is 0 Å². The number of nitrogens with zero attached hydrogens (tertiary/aromatic N) is 1. The lowest BCUT2D eigenvalue weighted by Crippen LogP contribution is -2.37. The van der Waals surface area contributed by atoms with Crippen molar-refractivity contribution >= 4 is 12.1 Å². The second kappa shape index (κ2) is 16.5. The van der Waals surface area contributed by atoms with E-state index >= 15 is 0 Å². The Bertz CT molecular complexity index is 889. The third-order valence-corrected chi connectivity index (χ3v) is 5.58. The number of carbonyl (C=O) groups is 2. The summed E-state index contributed by atoms with van der Waals surface area (Å²) in [6.07, 6.45) is 0.320. The Labute approximate surface area is 214 Å². The molecule has 0 aliphatic carbocycles. The second-order valence-corrected chi connectivity index (χ2v) is 8.46. The molecule has 1 amide bonds. The number of benzene rings is 2. The van der Waals surface area contributed by atoms with Crippen molar-refractivity contribution in [1.29, 1.82) is 0 Å². The van der Waals surface area contributed by atoms with Gasteiger partial charge in [-0.25, -0.2) is 9.59 Å². The van der Waals surface area contributed by atoms with Gasteiger partial charge in [0, 0.05) is 26.2 Å².